The largest absolute Gasteiger partial charge is 0.256 e. The summed E-state index contributed by atoms with van der Waals surface area (Å²) in [5, 5.41) is 4.45. The first kappa shape index (κ1) is 19.0. The number of hydrogen-bond acceptors (Lipinski definition) is 2. The second-order valence-electron chi connectivity index (χ2n) is 9.52. The SMILES string of the molecule is C[Si](C)(C)c1cccc2sc3c(-c4ccc(C5CCCCC5)cn4)cccc3c12. The van der Waals surface area contributed by atoms with Gasteiger partial charge in [0.2, 0.25) is 0 Å². The Hall–Kier alpha value is -1.97. The first-order valence-electron chi connectivity index (χ1n) is 10.9. The van der Waals surface area contributed by atoms with E-state index in [0.717, 1.165) is 5.69 Å². The van der Waals surface area contributed by atoms with Crippen molar-refractivity contribution in [1.82, 2.24) is 4.98 Å². The van der Waals surface area contributed by atoms with E-state index in [-0.39, 0.29) is 0 Å². The van der Waals surface area contributed by atoms with Gasteiger partial charge in [0.05, 0.1) is 13.8 Å². The molecule has 1 fully saturated rings. The first-order valence-corrected chi connectivity index (χ1v) is 15.2. The van der Waals surface area contributed by atoms with Crippen LogP contribution in [0.1, 0.15) is 43.6 Å². The normalized spacial score (nSPS) is 16.0. The van der Waals surface area contributed by atoms with Crippen LogP contribution in [0.5, 0.6) is 0 Å². The second kappa shape index (κ2) is 7.37. The summed E-state index contributed by atoms with van der Waals surface area (Å²) in [5.74, 6) is 0.713. The Labute approximate surface area is 178 Å². The van der Waals surface area contributed by atoms with Gasteiger partial charge in [0.15, 0.2) is 0 Å². The Morgan fingerprint density at radius 3 is 2.41 bits per heavy atom. The quantitative estimate of drug-likeness (QED) is 0.312. The molecular weight excluding hydrogens is 386 g/mol. The third kappa shape index (κ3) is 3.45. The van der Waals surface area contributed by atoms with E-state index in [2.05, 4.69) is 74.4 Å². The molecule has 0 atom stereocenters. The third-order valence-corrected chi connectivity index (χ3v) is 9.71. The Morgan fingerprint density at radius 2 is 1.69 bits per heavy atom. The van der Waals surface area contributed by atoms with Crippen molar-refractivity contribution >= 4 is 44.8 Å². The summed E-state index contributed by atoms with van der Waals surface area (Å²) in [7, 11) is -1.41. The minimum absolute atomic E-state index is 0.713. The molecule has 3 heteroatoms. The zero-order chi connectivity index (χ0) is 20.0. The molecule has 2 aromatic carbocycles. The minimum Gasteiger partial charge on any atom is -0.256 e. The molecule has 0 aliphatic heterocycles. The number of hydrogen-bond donors (Lipinski definition) is 0. The van der Waals surface area contributed by atoms with Crippen LogP contribution in [-0.2, 0) is 0 Å². The van der Waals surface area contributed by atoms with Gasteiger partial charge in [-0.3, -0.25) is 4.98 Å². The molecule has 2 aromatic heterocycles. The molecule has 1 aliphatic rings. The van der Waals surface area contributed by atoms with E-state index in [1.165, 1.54) is 63.4 Å². The van der Waals surface area contributed by atoms with Crippen molar-refractivity contribution in [2.75, 3.05) is 0 Å². The fourth-order valence-corrected chi connectivity index (χ4v) is 7.87. The highest BCUT2D eigenvalue weighted by atomic mass is 32.1. The van der Waals surface area contributed by atoms with Crippen molar-refractivity contribution in [3.63, 3.8) is 0 Å². The third-order valence-electron chi connectivity index (χ3n) is 6.47. The number of nitrogens with zero attached hydrogens (tertiary/aromatic N) is 1. The molecule has 0 amide bonds. The van der Waals surface area contributed by atoms with Crippen molar-refractivity contribution in [2.24, 2.45) is 0 Å². The van der Waals surface area contributed by atoms with Crippen LogP contribution >= 0.6 is 11.3 Å². The van der Waals surface area contributed by atoms with E-state index in [9.17, 15) is 0 Å². The monoisotopic (exact) mass is 415 g/mol. The summed E-state index contributed by atoms with van der Waals surface area (Å²) in [5.41, 5.74) is 3.81. The lowest BCUT2D eigenvalue weighted by atomic mass is 9.85. The molecule has 29 heavy (non-hydrogen) atoms. The Kier molecular flexibility index (Phi) is 4.83. The van der Waals surface area contributed by atoms with Crippen LogP contribution in [0.2, 0.25) is 19.6 Å². The van der Waals surface area contributed by atoms with Gasteiger partial charge in [-0.1, -0.05) is 80.5 Å². The summed E-state index contributed by atoms with van der Waals surface area (Å²) in [6, 6.07) is 18.2. The zero-order valence-electron chi connectivity index (χ0n) is 17.7. The molecule has 148 valence electrons. The van der Waals surface area contributed by atoms with Crippen LogP contribution in [0.25, 0.3) is 31.4 Å². The van der Waals surface area contributed by atoms with Gasteiger partial charge in [0.25, 0.3) is 0 Å². The maximum Gasteiger partial charge on any atom is 0.0784 e. The highest BCUT2D eigenvalue weighted by Gasteiger charge is 2.22. The Bertz CT molecular complexity index is 1160. The van der Waals surface area contributed by atoms with E-state index in [1.54, 1.807) is 5.19 Å². The number of benzene rings is 2. The average Bonchev–Trinajstić information content (AvgIpc) is 3.12. The van der Waals surface area contributed by atoms with Gasteiger partial charge in [-0.25, -0.2) is 0 Å². The number of fused-ring (bicyclic) bond motifs is 3. The van der Waals surface area contributed by atoms with Gasteiger partial charge in [0.1, 0.15) is 0 Å². The lowest BCUT2D eigenvalue weighted by molar-refractivity contribution is 0.443. The van der Waals surface area contributed by atoms with E-state index in [4.69, 9.17) is 4.98 Å². The van der Waals surface area contributed by atoms with Crippen LogP contribution in [0.4, 0.5) is 0 Å². The standard InChI is InChI=1S/C26H29NSSi/c1-29(2,3)24-14-8-13-23-25(24)21-12-7-11-20(26(21)28-23)22-16-15-19(17-27-22)18-9-5-4-6-10-18/h7-8,11-18H,4-6,9-10H2,1-3H3. The van der Waals surface area contributed by atoms with E-state index in [0.29, 0.717) is 5.92 Å². The first-order chi connectivity index (χ1) is 14.0. The van der Waals surface area contributed by atoms with E-state index in [1.807, 2.05) is 11.3 Å². The van der Waals surface area contributed by atoms with Crippen LogP contribution in [-0.4, -0.2) is 13.1 Å². The number of thiophene rings is 1. The summed E-state index contributed by atoms with van der Waals surface area (Å²) in [4.78, 5) is 4.93. The maximum atomic E-state index is 4.93. The summed E-state index contributed by atoms with van der Waals surface area (Å²) in [6.07, 6.45) is 8.93. The molecule has 1 aliphatic carbocycles. The molecule has 0 spiro atoms. The lowest BCUT2D eigenvalue weighted by Crippen LogP contribution is -2.37. The van der Waals surface area contributed by atoms with Gasteiger partial charge in [0, 0.05) is 26.5 Å². The van der Waals surface area contributed by atoms with Crippen molar-refractivity contribution < 1.29 is 0 Å². The molecule has 1 nitrogen and oxygen atoms in total. The summed E-state index contributed by atoms with van der Waals surface area (Å²) >= 11 is 1.93. The van der Waals surface area contributed by atoms with Gasteiger partial charge in [-0.05, 0) is 41.8 Å². The van der Waals surface area contributed by atoms with Crippen molar-refractivity contribution in [2.45, 2.75) is 57.7 Å². The predicted octanol–water partition coefficient (Wildman–Crippen LogP) is 7.71. The average molecular weight is 416 g/mol. The number of rotatable bonds is 3. The van der Waals surface area contributed by atoms with Crippen molar-refractivity contribution in [3.05, 3.63) is 60.3 Å². The highest BCUT2D eigenvalue weighted by Crippen LogP contribution is 2.40. The fraction of sp³-hybridized carbons (Fsp3) is 0.346. The summed E-state index contributed by atoms with van der Waals surface area (Å²) in [6.45, 7) is 7.34. The van der Waals surface area contributed by atoms with Gasteiger partial charge >= 0.3 is 0 Å². The Balaban J connectivity index is 1.62. The zero-order valence-corrected chi connectivity index (χ0v) is 19.5. The molecule has 0 N–H and O–H groups in total. The Morgan fingerprint density at radius 1 is 0.897 bits per heavy atom. The van der Waals surface area contributed by atoms with Gasteiger partial charge in [-0.15, -0.1) is 11.3 Å². The fourth-order valence-electron chi connectivity index (χ4n) is 4.92. The number of pyridine rings is 1. The smallest absolute Gasteiger partial charge is 0.0784 e. The van der Waals surface area contributed by atoms with E-state index < -0.39 is 8.07 Å². The predicted molar refractivity (Wildman–Crippen MR) is 131 cm³/mol. The lowest BCUT2D eigenvalue weighted by Gasteiger charge is -2.21. The van der Waals surface area contributed by atoms with Gasteiger partial charge in [-0.2, -0.15) is 0 Å². The maximum absolute atomic E-state index is 4.93. The molecule has 2 heterocycles. The summed E-state index contributed by atoms with van der Waals surface area (Å²) < 4.78 is 2.79. The molecule has 0 saturated heterocycles. The molecular formula is C26H29NSSi. The molecule has 0 radical (unpaired) electrons. The van der Waals surface area contributed by atoms with Crippen LogP contribution in [0.15, 0.2) is 54.7 Å². The molecule has 0 bridgehead atoms. The number of aromatic nitrogens is 1. The minimum atomic E-state index is -1.41. The molecule has 4 aromatic rings. The second-order valence-corrected chi connectivity index (χ2v) is 15.6. The molecule has 5 rings (SSSR count). The van der Waals surface area contributed by atoms with Crippen molar-refractivity contribution in [1.29, 1.82) is 0 Å². The van der Waals surface area contributed by atoms with Crippen LogP contribution in [0, 0.1) is 0 Å². The highest BCUT2D eigenvalue weighted by molar-refractivity contribution is 7.26. The molecule has 0 unspecified atom stereocenters. The van der Waals surface area contributed by atoms with Crippen LogP contribution < -0.4 is 5.19 Å². The topological polar surface area (TPSA) is 12.9 Å². The van der Waals surface area contributed by atoms with Crippen LogP contribution in [0.3, 0.4) is 0 Å². The molecule has 1 saturated carbocycles. The van der Waals surface area contributed by atoms with Crippen molar-refractivity contribution in [3.8, 4) is 11.3 Å². The van der Waals surface area contributed by atoms with Gasteiger partial charge < -0.3 is 0 Å². The van der Waals surface area contributed by atoms with E-state index >= 15 is 0 Å².